The minimum Gasteiger partial charge on any atom is -0.478 e. The number of ether oxygens (including phenoxy) is 1. The first kappa shape index (κ1) is 21.8. The lowest BCUT2D eigenvalue weighted by atomic mass is 9.98. The first-order chi connectivity index (χ1) is 17.0. The molecule has 0 unspecified atom stereocenters. The molecule has 11 nitrogen and oxygen atoms in total. The van der Waals surface area contributed by atoms with Gasteiger partial charge in [0.1, 0.15) is 6.61 Å². The Morgan fingerprint density at radius 3 is 2.34 bits per heavy atom. The minimum absolute atomic E-state index is 0.0852. The summed E-state index contributed by atoms with van der Waals surface area (Å²) < 4.78 is 5.44. The third kappa shape index (κ3) is 4.42. The van der Waals surface area contributed by atoms with E-state index in [9.17, 15) is 14.4 Å². The molecule has 11 heteroatoms. The molecule has 0 atom stereocenters. The summed E-state index contributed by atoms with van der Waals surface area (Å²) in [7, 11) is 0. The highest BCUT2D eigenvalue weighted by molar-refractivity contribution is 6.02. The largest absolute Gasteiger partial charge is 0.478 e. The Bertz CT molecular complexity index is 1400. The number of carbonyl (C=O) groups is 3. The Hall–Kier alpha value is -5.06. The van der Waals surface area contributed by atoms with Gasteiger partial charge in [-0.3, -0.25) is 20.2 Å². The predicted octanol–water partition coefficient (Wildman–Crippen LogP) is 3.51. The van der Waals surface area contributed by atoms with Crippen molar-refractivity contribution in [2.45, 2.75) is 5.92 Å². The van der Waals surface area contributed by atoms with Crippen molar-refractivity contribution in [2.24, 2.45) is 0 Å². The monoisotopic (exact) mass is 470 g/mol. The zero-order valence-corrected chi connectivity index (χ0v) is 18.1. The van der Waals surface area contributed by atoms with Crippen LogP contribution < -0.4 is 10.6 Å². The highest BCUT2D eigenvalue weighted by Crippen LogP contribution is 2.44. The molecule has 0 fully saturated rings. The highest BCUT2D eigenvalue weighted by Gasteiger charge is 2.29. The maximum absolute atomic E-state index is 12.4. The summed E-state index contributed by atoms with van der Waals surface area (Å²) in [5.41, 5.74) is 4.48. The second-order valence-corrected chi connectivity index (χ2v) is 7.68. The van der Waals surface area contributed by atoms with Gasteiger partial charge < -0.3 is 15.2 Å². The first-order valence-corrected chi connectivity index (χ1v) is 10.5. The lowest BCUT2D eigenvalue weighted by Gasteiger charge is -2.13. The van der Waals surface area contributed by atoms with Crippen molar-refractivity contribution in [3.63, 3.8) is 0 Å². The summed E-state index contributed by atoms with van der Waals surface area (Å²) in [6.45, 7) is 0.116. The maximum atomic E-state index is 12.4. The number of amides is 2. The van der Waals surface area contributed by atoms with Gasteiger partial charge in [-0.25, -0.2) is 9.59 Å². The van der Waals surface area contributed by atoms with E-state index >= 15 is 0 Å². The molecule has 0 saturated heterocycles. The van der Waals surface area contributed by atoms with E-state index in [-0.39, 0.29) is 35.5 Å². The van der Waals surface area contributed by atoms with Crippen LogP contribution in [0.15, 0.2) is 67.0 Å². The second-order valence-electron chi connectivity index (χ2n) is 7.68. The van der Waals surface area contributed by atoms with Gasteiger partial charge in [-0.15, -0.1) is 5.10 Å². The molecule has 0 spiro atoms. The zero-order valence-electron chi connectivity index (χ0n) is 18.1. The standard InChI is InChI=1S/C24H18N6O5/c31-21(26-14-9-13(22(32)33)10-25-11-14)20-27-23(30-29-20)28-24(34)35-12-19-17-7-3-1-5-15(17)16-6-2-4-8-18(16)19/h1-11,19H,12H2,(H,26,31)(H,32,33)(H2,27,28,29,30,34). The SMILES string of the molecule is O=C(Nc1n[nH]c(C(=O)Nc2cncc(C(=O)O)c2)n1)OCC1c2ccccc2-c2ccccc21. The van der Waals surface area contributed by atoms with Gasteiger partial charge in [-0.1, -0.05) is 48.5 Å². The molecule has 174 valence electrons. The second kappa shape index (κ2) is 9.06. The summed E-state index contributed by atoms with van der Waals surface area (Å²) in [6.07, 6.45) is 1.68. The minimum atomic E-state index is -1.18. The number of aromatic amines is 1. The fourth-order valence-corrected chi connectivity index (χ4v) is 3.96. The summed E-state index contributed by atoms with van der Waals surface area (Å²) >= 11 is 0. The number of carboxylic acid groups (broad SMARTS) is 1. The number of hydrogen-bond acceptors (Lipinski definition) is 7. The summed E-state index contributed by atoms with van der Waals surface area (Å²) in [5, 5.41) is 20.1. The zero-order chi connectivity index (χ0) is 24.4. The third-order valence-electron chi connectivity index (χ3n) is 5.50. The number of anilines is 2. The fourth-order valence-electron chi connectivity index (χ4n) is 3.96. The molecule has 2 heterocycles. The van der Waals surface area contributed by atoms with Crippen molar-refractivity contribution in [3.05, 3.63) is 89.5 Å². The first-order valence-electron chi connectivity index (χ1n) is 10.5. The van der Waals surface area contributed by atoms with E-state index in [1.54, 1.807) is 0 Å². The van der Waals surface area contributed by atoms with E-state index in [0.29, 0.717) is 0 Å². The Morgan fingerprint density at radius 2 is 1.66 bits per heavy atom. The third-order valence-corrected chi connectivity index (χ3v) is 5.50. The van der Waals surface area contributed by atoms with Crippen LogP contribution in [0.1, 0.15) is 38.0 Å². The van der Waals surface area contributed by atoms with Gasteiger partial charge in [-0.2, -0.15) is 4.98 Å². The Balaban J connectivity index is 1.20. The number of carboxylic acids is 1. The van der Waals surface area contributed by atoms with Crippen LogP contribution >= 0.6 is 0 Å². The molecule has 1 aliphatic carbocycles. The number of nitrogens with zero attached hydrogens (tertiary/aromatic N) is 3. The van der Waals surface area contributed by atoms with Crippen LogP contribution in [0.3, 0.4) is 0 Å². The van der Waals surface area contributed by atoms with Gasteiger partial charge in [0.25, 0.3) is 11.9 Å². The van der Waals surface area contributed by atoms with E-state index in [1.165, 1.54) is 12.3 Å². The van der Waals surface area contributed by atoms with Crippen LogP contribution in [0.5, 0.6) is 0 Å². The molecule has 4 N–H and O–H groups in total. The van der Waals surface area contributed by atoms with Crippen LogP contribution in [0.25, 0.3) is 11.1 Å². The number of H-pyrrole nitrogens is 1. The topological polar surface area (TPSA) is 159 Å². The van der Waals surface area contributed by atoms with Gasteiger partial charge in [0, 0.05) is 12.1 Å². The van der Waals surface area contributed by atoms with E-state index < -0.39 is 18.0 Å². The van der Waals surface area contributed by atoms with Gasteiger partial charge in [0.15, 0.2) is 0 Å². The van der Waals surface area contributed by atoms with Gasteiger partial charge in [0.05, 0.1) is 17.4 Å². The van der Waals surface area contributed by atoms with Crippen molar-refractivity contribution in [1.82, 2.24) is 20.2 Å². The summed E-state index contributed by atoms with van der Waals surface area (Å²) in [4.78, 5) is 43.5. The average Bonchev–Trinajstić information content (AvgIpc) is 3.46. The number of pyridine rings is 1. The number of hydrogen-bond donors (Lipinski definition) is 4. The van der Waals surface area contributed by atoms with E-state index in [4.69, 9.17) is 9.84 Å². The molecular formula is C24H18N6O5. The van der Waals surface area contributed by atoms with Crippen LogP contribution in [0.4, 0.5) is 16.4 Å². The summed E-state index contributed by atoms with van der Waals surface area (Å²) in [6, 6.07) is 17.2. The Morgan fingerprint density at radius 1 is 0.971 bits per heavy atom. The fraction of sp³-hybridized carbons (Fsp3) is 0.0833. The van der Waals surface area contributed by atoms with Crippen LogP contribution in [-0.2, 0) is 4.74 Å². The quantitative estimate of drug-likeness (QED) is 0.333. The van der Waals surface area contributed by atoms with E-state index in [1.807, 2.05) is 48.5 Å². The predicted molar refractivity (Wildman–Crippen MR) is 124 cm³/mol. The number of aromatic nitrogens is 4. The normalized spacial score (nSPS) is 11.9. The number of fused-ring (bicyclic) bond motifs is 3. The van der Waals surface area contributed by atoms with Crippen molar-refractivity contribution < 1.29 is 24.2 Å². The van der Waals surface area contributed by atoms with E-state index in [2.05, 4.69) is 30.8 Å². The van der Waals surface area contributed by atoms with Crippen molar-refractivity contribution >= 4 is 29.6 Å². The molecule has 5 rings (SSSR count). The van der Waals surface area contributed by atoms with Gasteiger partial charge in [0.2, 0.25) is 5.82 Å². The number of nitrogens with one attached hydrogen (secondary N) is 3. The molecule has 0 bridgehead atoms. The van der Waals surface area contributed by atoms with Crippen molar-refractivity contribution in [1.29, 1.82) is 0 Å². The lowest BCUT2D eigenvalue weighted by molar-refractivity contribution is 0.0696. The smallest absolute Gasteiger partial charge is 0.414 e. The lowest BCUT2D eigenvalue weighted by Crippen LogP contribution is -2.19. The molecule has 0 radical (unpaired) electrons. The number of carbonyl (C=O) groups excluding carboxylic acids is 2. The molecular weight excluding hydrogens is 452 g/mol. The Kier molecular flexibility index (Phi) is 5.63. The number of benzene rings is 2. The van der Waals surface area contributed by atoms with Crippen LogP contribution in [0, 0.1) is 0 Å². The Labute approximate surface area is 198 Å². The summed E-state index contributed by atoms with van der Waals surface area (Å²) in [5.74, 6) is -2.31. The van der Waals surface area contributed by atoms with Crippen molar-refractivity contribution in [3.8, 4) is 11.1 Å². The van der Waals surface area contributed by atoms with Gasteiger partial charge >= 0.3 is 12.1 Å². The van der Waals surface area contributed by atoms with Crippen LogP contribution in [0.2, 0.25) is 0 Å². The highest BCUT2D eigenvalue weighted by atomic mass is 16.5. The molecule has 2 amide bonds. The molecule has 4 aromatic rings. The van der Waals surface area contributed by atoms with E-state index in [0.717, 1.165) is 28.5 Å². The maximum Gasteiger partial charge on any atom is 0.414 e. The molecule has 0 aliphatic heterocycles. The molecule has 35 heavy (non-hydrogen) atoms. The number of aromatic carboxylic acids is 1. The molecule has 2 aromatic carbocycles. The van der Waals surface area contributed by atoms with Gasteiger partial charge in [-0.05, 0) is 28.3 Å². The molecule has 0 saturated carbocycles. The number of rotatable bonds is 6. The van der Waals surface area contributed by atoms with Crippen molar-refractivity contribution in [2.75, 3.05) is 17.2 Å². The average molecular weight is 470 g/mol. The molecule has 1 aliphatic rings. The van der Waals surface area contributed by atoms with Crippen LogP contribution in [-0.4, -0.2) is 49.8 Å². The molecule has 2 aromatic heterocycles.